The SMILES string of the molecule is CC(C)(C)N1C(=O)CCC(N)C1c1cc(Cl)cc(Cl)c1. The summed E-state index contributed by atoms with van der Waals surface area (Å²) >= 11 is 12.2. The number of halogens is 2. The molecule has 2 N–H and O–H groups in total. The van der Waals surface area contributed by atoms with Gasteiger partial charge in [0.2, 0.25) is 5.91 Å². The van der Waals surface area contributed by atoms with Crippen LogP contribution in [0.3, 0.4) is 0 Å². The molecule has 1 amide bonds. The van der Waals surface area contributed by atoms with Crippen molar-refractivity contribution in [3.05, 3.63) is 33.8 Å². The molecule has 110 valence electrons. The lowest BCUT2D eigenvalue weighted by Crippen LogP contribution is -2.56. The summed E-state index contributed by atoms with van der Waals surface area (Å²) in [7, 11) is 0. The van der Waals surface area contributed by atoms with Crippen LogP contribution in [-0.4, -0.2) is 22.4 Å². The maximum atomic E-state index is 12.3. The Morgan fingerprint density at radius 1 is 1.20 bits per heavy atom. The predicted octanol–water partition coefficient (Wildman–Crippen LogP) is 3.78. The summed E-state index contributed by atoms with van der Waals surface area (Å²) in [5, 5.41) is 1.12. The van der Waals surface area contributed by atoms with Gasteiger partial charge in [-0.3, -0.25) is 4.79 Å². The second kappa shape index (κ2) is 5.55. The van der Waals surface area contributed by atoms with Gasteiger partial charge < -0.3 is 10.6 Å². The predicted molar refractivity (Wildman–Crippen MR) is 83.0 cm³/mol. The van der Waals surface area contributed by atoms with Gasteiger partial charge in [0.25, 0.3) is 0 Å². The van der Waals surface area contributed by atoms with E-state index in [1.165, 1.54) is 0 Å². The van der Waals surface area contributed by atoms with Crippen molar-refractivity contribution >= 4 is 29.1 Å². The number of hydrogen-bond donors (Lipinski definition) is 1. The highest BCUT2D eigenvalue weighted by molar-refractivity contribution is 6.34. The van der Waals surface area contributed by atoms with Gasteiger partial charge in [-0.05, 0) is 51.0 Å². The first-order valence-corrected chi connectivity index (χ1v) is 7.49. The molecule has 0 aromatic heterocycles. The fourth-order valence-corrected chi connectivity index (χ4v) is 3.39. The minimum atomic E-state index is -0.297. The Bertz CT molecular complexity index is 505. The molecule has 1 heterocycles. The van der Waals surface area contributed by atoms with Crippen molar-refractivity contribution in [1.82, 2.24) is 4.90 Å². The molecule has 1 saturated heterocycles. The van der Waals surface area contributed by atoms with E-state index in [-0.39, 0.29) is 23.5 Å². The third kappa shape index (κ3) is 3.11. The van der Waals surface area contributed by atoms with Crippen LogP contribution < -0.4 is 5.73 Å². The molecule has 1 fully saturated rings. The molecule has 0 aliphatic carbocycles. The molecule has 20 heavy (non-hydrogen) atoms. The van der Waals surface area contributed by atoms with Crippen molar-refractivity contribution in [2.45, 2.75) is 51.2 Å². The van der Waals surface area contributed by atoms with Crippen molar-refractivity contribution in [3.63, 3.8) is 0 Å². The van der Waals surface area contributed by atoms with Gasteiger partial charge in [-0.15, -0.1) is 0 Å². The average Bonchev–Trinajstić information content (AvgIpc) is 2.28. The highest BCUT2D eigenvalue weighted by Crippen LogP contribution is 2.38. The second-order valence-electron chi connectivity index (χ2n) is 6.28. The minimum Gasteiger partial charge on any atom is -0.329 e. The van der Waals surface area contributed by atoms with Crippen LogP contribution >= 0.6 is 23.2 Å². The number of piperidine rings is 1. The van der Waals surface area contributed by atoms with E-state index < -0.39 is 0 Å². The molecular formula is C15H20Cl2N2O. The standard InChI is InChI=1S/C15H20Cl2N2O/c1-15(2,3)19-13(20)5-4-12(18)14(19)9-6-10(16)8-11(17)7-9/h6-8,12,14H,4-5,18H2,1-3H3. The normalized spacial score (nSPS) is 24.1. The van der Waals surface area contributed by atoms with Crippen LogP contribution in [0.1, 0.15) is 45.2 Å². The molecule has 0 bridgehead atoms. The van der Waals surface area contributed by atoms with E-state index in [0.29, 0.717) is 22.9 Å². The quantitative estimate of drug-likeness (QED) is 0.857. The van der Waals surface area contributed by atoms with E-state index in [2.05, 4.69) is 0 Å². The Morgan fingerprint density at radius 2 is 1.75 bits per heavy atom. The fraction of sp³-hybridized carbons (Fsp3) is 0.533. The molecular weight excluding hydrogens is 295 g/mol. The molecule has 1 aromatic carbocycles. The number of rotatable bonds is 1. The van der Waals surface area contributed by atoms with E-state index >= 15 is 0 Å². The van der Waals surface area contributed by atoms with Crippen LogP contribution in [0.15, 0.2) is 18.2 Å². The number of nitrogens with two attached hydrogens (primary N) is 1. The molecule has 0 radical (unpaired) electrons. The molecule has 3 nitrogen and oxygen atoms in total. The zero-order valence-electron chi connectivity index (χ0n) is 12.0. The van der Waals surface area contributed by atoms with Crippen molar-refractivity contribution in [1.29, 1.82) is 0 Å². The van der Waals surface area contributed by atoms with Gasteiger partial charge in [0.15, 0.2) is 0 Å². The number of hydrogen-bond acceptors (Lipinski definition) is 2. The number of benzene rings is 1. The maximum Gasteiger partial charge on any atom is 0.223 e. The Hall–Kier alpha value is -0.770. The zero-order chi connectivity index (χ0) is 15.1. The van der Waals surface area contributed by atoms with Gasteiger partial charge in [-0.1, -0.05) is 23.2 Å². The number of amides is 1. The Labute approximate surface area is 130 Å². The Morgan fingerprint density at radius 3 is 2.25 bits per heavy atom. The van der Waals surface area contributed by atoms with Gasteiger partial charge in [0.1, 0.15) is 0 Å². The largest absolute Gasteiger partial charge is 0.329 e. The first kappa shape index (κ1) is 15.6. The first-order chi connectivity index (χ1) is 9.20. The summed E-state index contributed by atoms with van der Waals surface area (Å²) in [5.41, 5.74) is 6.88. The number of likely N-dealkylation sites (tertiary alicyclic amines) is 1. The molecule has 1 aromatic rings. The average molecular weight is 315 g/mol. The Kier molecular flexibility index (Phi) is 4.33. The zero-order valence-corrected chi connectivity index (χ0v) is 13.5. The molecule has 0 spiro atoms. The summed E-state index contributed by atoms with van der Waals surface area (Å²) < 4.78 is 0. The number of carbonyl (C=O) groups excluding carboxylic acids is 1. The topological polar surface area (TPSA) is 46.3 Å². The third-order valence-corrected chi connectivity index (χ3v) is 4.03. The van der Waals surface area contributed by atoms with E-state index in [1.807, 2.05) is 37.8 Å². The molecule has 2 rings (SSSR count). The number of nitrogens with zero attached hydrogens (tertiary/aromatic N) is 1. The monoisotopic (exact) mass is 314 g/mol. The molecule has 1 aliphatic heterocycles. The van der Waals surface area contributed by atoms with Crippen LogP contribution in [0.5, 0.6) is 0 Å². The minimum absolute atomic E-state index is 0.110. The van der Waals surface area contributed by atoms with Crippen molar-refractivity contribution in [3.8, 4) is 0 Å². The third-order valence-electron chi connectivity index (χ3n) is 3.59. The van der Waals surface area contributed by atoms with Gasteiger partial charge in [-0.2, -0.15) is 0 Å². The molecule has 2 unspecified atom stereocenters. The lowest BCUT2D eigenvalue weighted by atomic mass is 9.86. The lowest BCUT2D eigenvalue weighted by molar-refractivity contribution is -0.144. The molecule has 1 aliphatic rings. The molecule has 5 heteroatoms. The van der Waals surface area contributed by atoms with Crippen LogP contribution in [0.4, 0.5) is 0 Å². The summed E-state index contributed by atoms with van der Waals surface area (Å²) in [5.74, 6) is 0.125. The summed E-state index contributed by atoms with van der Waals surface area (Å²) in [6.45, 7) is 6.05. The Balaban J connectivity index is 2.50. The maximum absolute atomic E-state index is 12.3. The first-order valence-electron chi connectivity index (χ1n) is 6.74. The fourth-order valence-electron chi connectivity index (χ4n) is 2.85. The highest BCUT2D eigenvalue weighted by atomic mass is 35.5. The summed E-state index contributed by atoms with van der Waals surface area (Å²) in [6.07, 6.45) is 1.17. The van der Waals surface area contributed by atoms with E-state index in [0.717, 1.165) is 5.56 Å². The van der Waals surface area contributed by atoms with E-state index in [1.54, 1.807) is 6.07 Å². The van der Waals surface area contributed by atoms with Crippen LogP contribution in [0, 0.1) is 0 Å². The van der Waals surface area contributed by atoms with E-state index in [4.69, 9.17) is 28.9 Å². The van der Waals surface area contributed by atoms with Gasteiger partial charge in [0, 0.05) is 28.0 Å². The lowest BCUT2D eigenvalue weighted by Gasteiger charge is -2.47. The smallest absolute Gasteiger partial charge is 0.223 e. The van der Waals surface area contributed by atoms with Crippen molar-refractivity contribution < 1.29 is 4.79 Å². The van der Waals surface area contributed by atoms with Gasteiger partial charge in [0.05, 0.1) is 6.04 Å². The van der Waals surface area contributed by atoms with Crippen LogP contribution in [0.2, 0.25) is 10.0 Å². The van der Waals surface area contributed by atoms with Crippen LogP contribution in [0.25, 0.3) is 0 Å². The molecule has 2 atom stereocenters. The van der Waals surface area contributed by atoms with Gasteiger partial charge >= 0.3 is 0 Å². The second-order valence-corrected chi connectivity index (χ2v) is 7.16. The van der Waals surface area contributed by atoms with Crippen molar-refractivity contribution in [2.24, 2.45) is 5.73 Å². The van der Waals surface area contributed by atoms with Crippen molar-refractivity contribution in [2.75, 3.05) is 0 Å². The summed E-state index contributed by atoms with van der Waals surface area (Å²) in [4.78, 5) is 14.2. The highest BCUT2D eigenvalue weighted by Gasteiger charge is 2.40. The summed E-state index contributed by atoms with van der Waals surface area (Å²) in [6, 6.07) is 5.07. The van der Waals surface area contributed by atoms with E-state index in [9.17, 15) is 4.79 Å². The molecule has 0 saturated carbocycles. The van der Waals surface area contributed by atoms with Gasteiger partial charge in [-0.25, -0.2) is 0 Å². The van der Waals surface area contributed by atoms with Crippen LogP contribution in [-0.2, 0) is 4.79 Å². The number of carbonyl (C=O) groups is 1.